The molecule has 0 radical (unpaired) electrons. The van der Waals surface area contributed by atoms with Crippen molar-refractivity contribution in [1.29, 1.82) is 0 Å². The first-order valence-electron chi connectivity index (χ1n) is 8.35. The van der Waals surface area contributed by atoms with E-state index in [1.807, 2.05) is 59.3 Å². The van der Waals surface area contributed by atoms with Gasteiger partial charge in [-0.15, -0.1) is 11.3 Å². The second kappa shape index (κ2) is 7.05. The molecule has 7 heteroatoms. The van der Waals surface area contributed by atoms with Crippen LogP contribution in [0.1, 0.15) is 12.6 Å². The van der Waals surface area contributed by atoms with Gasteiger partial charge in [-0.25, -0.2) is 9.97 Å². The molecule has 0 saturated carbocycles. The number of amides is 1. The topological polar surface area (TPSA) is 72.7 Å². The number of anilines is 1. The van der Waals surface area contributed by atoms with Gasteiger partial charge in [0.25, 0.3) is 0 Å². The summed E-state index contributed by atoms with van der Waals surface area (Å²) in [4.78, 5) is 25.8. The number of hydrogen-bond acceptors (Lipinski definition) is 5. The normalized spacial score (nSPS) is 11.0. The third-order valence-electron chi connectivity index (χ3n) is 4.00. The Bertz CT molecular complexity index is 1050. The SMILES string of the molecule is CCn1c(NC(=O)Cc2csc(-c3ccccn3)n2)nc2ccccc21. The van der Waals surface area contributed by atoms with Gasteiger partial charge in [0.1, 0.15) is 5.01 Å². The number of pyridine rings is 1. The standard InChI is InChI=1S/C19H17N5OS/c1-2-24-16-9-4-3-7-14(16)22-19(24)23-17(25)11-13-12-26-18(21-13)15-8-5-6-10-20-15/h3-10,12H,2,11H2,1H3,(H,22,23,25). The molecule has 4 aromatic rings. The summed E-state index contributed by atoms with van der Waals surface area (Å²) in [7, 11) is 0. The van der Waals surface area contributed by atoms with Crippen LogP contribution in [-0.4, -0.2) is 25.4 Å². The van der Waals surface area contributed by atoms with Gasteiger partial charge in [0.15, 0.2) is 0 Å². The fourth-order valence-corrected chi connectivity index (χ4v) is 3.61. The van der Waals surface area contributed by atoms with Gasteiger partial charge in [0.05, 0.1) is 28.8 Å². The number of hydrogen-bond donors (Lipinski definition) is 1. The van der Waals surface area contributed by atoms with Crippen molar-refractivity contribution < 1.29 is 4.79 Å². The largest absolute Gasteiger partial charge is 0.310 e. The molecule has 6 nitrogen and oxygen atoms in total. The van der Waals surface area contributed by atoms with Crippen LogP contribution in [0.3, 0.4) is 0 Å². The molecule has 0 unspecified atom stereocenters. The van der Waals surface area contributed by atoms with Crippen LogP contribution in [0.4, 0.5) is 5.95 Å². The Labute approximate surface area is 154 Å². The van der Waals surface area contributed by atoms with E-state index < -0.39 is 0 Å². The van der Waals surface area contributed by atoms with Gasteiger partial charge in [-0.3, -0.25) is 15.1 Å². The number of rotatable bonds is 5. The second-order valence-electron chi connectivity index (χ2n) is 5.75. The maximum absolute atomic E-state index is 12.5. The maximum atomic E-state index is 12.5. The molecule has 0 spiro atoms. The highest BCUT2D eigenvalue weighted by Gasteiger charge is 2.14. The number of carbonyl (C=O) groups is 1. The predicted molar refractivity (Wildman–Crippen MR) is 103 cm³/mol. The molecule has 0 fully saturated rings. The molecule has 3 heterocycles. The number of nitrogens with one attached hydrogen (secondary N) is 1. The molecule has 0 bridgehead atoms. The lowest BCUT2D eigenvalue weighted by molar-refractivity contribution is -0.115. The highest BCUT2D eigenvalue weighted by molar-refractivity contribution is 7.13. The average molecular weight is 363 g/mol. The van der Waals surface area contributed by atoms with E-state index in [0.29, 0.717) is 5.95 Å². The van der Waals surface area contributed by atoms with E-state index in [9.17, 15) is 4.79 Å². The Morgan fingerprint density at radius 1 is 1.15 bits per heavy atom. The van der Waals surface area contributed by atoms with Gasteiger partial charge in [-0.1, -0.05) is 18.2 Å². The summed E-state index contributed by atoms with van der Waals surface area (Å²) in [6.07, 6.45) is 1.94. The molecule has 4 rings (SSSR count). The van der Waals surface area contributed by atoms with Gasteiger partial charge in [-0.05, 0) is 31.2 Å². The van der Waals surface area contributed by atoms with E-state index in [1.54, 1.807) is 6.20 Å². The Kier molecular flexibility index (Phi) is 4.45. The summed E-state index contributed by atoms with van der Waals surface area (Å²) in [6.45, 7) is 2.76. The smallest absolute Gasteiger partial charge is 0.232 e. The van der Waals surface area contributed by atoms with Crippen molar-refractivity contribution in [3.63, 3.8) is 0 Å². The van der Waals surface area contributed by atoms with Crippen LogP contribution in [0.15, 0.2) is 54.0 Å². The summed E-state index contributed by atoms with van der Waals surface area (Å²) in [5, 5.41) is 5.62. The van der Waals surface area contributed by atoms with Gasteiger partial charge >= 0.3 is 0 Å². The third-order valence-corrected chi connectivity index (χ3v) is 4.91. The first-order valence-corrected chi connectivity index (χ1v) is 9.23. The molecule has 0 aliphatic carbocycles. The number of aromatic nitrogens is 4. The minimum Gasteiger partial charge on any atom is -0.310 e. The number of thiazole rings is 1. The summed E-state index contributed by atoms with van der Waals surface area (Å²) < 4.78 is 1.99. The van der Waals surface area contributed by atoms with Crippen LogP contribution in [0.25, 0.3) is 21.7 Å². The van der Waals surface area contributed by atoms with Crippen molar-refractivity contribution in [1.82, 2.24) is 19.5 Å². The molecule has 0 atom stereocenters. The molecule has 130 valence electrons. The molecular weight excluding hydrogens is 346 g/mol. The fraction of sp³-hybridized carbons (Fsp3) is 0.158. The molecular formula is C19H17N5OS. The number of imidazole rings is 1. The van der Waals surface area contributed by atoms with Crippen LogP contribution in [0, 0.1) is 0 Å². The lowest BCUT2D eigenvalue weighted by Crippen LogP contribution is -2.17. The zero-order chi connectivity index (χ0) is 17.9. The number of nitrogens with zero attached hydrogens (tertiary/aromatic N) is 4. The molecule has 0 saturated heterocycles. The van der Waals surface area contributed by atoms with Crippen LogP contribution >= 0.6 is 11.3 Å². The quantitative estimate of drug-likeness (QED) is 0.586. The van der Waals surface area contributed by atoms with E-state index in [4.69, 9.17) is 0 Å². The second-order valence-corrected chi connectivity index (χ2v) is 6.61. The number of fused-ring (bicyclic) bond motifs is 1. The fourth-order valence-electron chi connectivity index (χ4n) is 2.82. The molecule has 1 aromatic carbocycles. The minimum absolute atomic E-state index is 0.132. The monoisotopic (exact) mass is 363 g/mol. The zero-order valence-electron chi connectivity index (χ0n) is 14.2. The van der Waals surface area contributed by atoms with Gasteiger partial charge in [0.2, 0.25) is 11.9 Å². The van der Waals surface area contributed by atoms with Crippen LogP contribution in [0.5, 0.6) is 0 Å². The van der Waals surface area contributed by atoms with Crippen molar-refractivity contribution >= 4 is 34.2 Å². The number of carbonyl (C=O) groups excluding carboxylic acids is 1. The molecule has 3 aromatic heterocycles. The van der Waals surface area contributed by atoms with Gasteiger partial charge in [0, 0.05) is 18.1 Å². The number of aryl methyl sites for hydroxylation is 1. The number of benzene rings is 1. The molecule has 0 aliphatic rings. The van der Waals surface area contributed by atoms with Gasteiger partial charge in [-0.2, -0.15) is 0 Å². The Balaban J connectivity index is 1.50. The Morgan fingerprint density at radius 2 is 2.00 bits per heavy atom. The first-order chi connectivity index (χ1) is 12.7. The van der Waals surface area contributed by atoms with E-state index >= 15 is 0 Å². The predicted octanol–water partition coefficient (Wildman–Crippen LogP) is 3.76. The summed E-state index contributed by atoms with van der Waals surface area (Å²) in [5.74, 6) is 0.437. The van der Waals surface area contributed by atoms with Crippen LogP contribution in [-0.2, 0) is 17.8 Å². The molecule has 0 aliphatic heterocycles. The van der Waals surface area contributed by atoms with Crippen molar-refractivity contribution in [2.45, 2.75) is 19.9 Å². The van der Waals surface area contributed by atoms with E-state index in [2.05, 4.69) is 20.3 Å². The van der Waals surface area contributed by atoms with E-state index in [-0.39, 0.29) is 12.3 Å². The van der Waals surface area contributed by atoms with Gasteiger partial charge < -0.3 is 4.57 Å². The first kappa shape index (κ1) is 16.4. The third kappa shape index (κ3) is 3.21. The van der Waals surface area contributed by atoms with Crippen molar-refractivity contribution in [3.05, 3.63) is 59.7 Å². The molecule has 1 N–H and O–H groups in total. The zero-order valence-corrected chi connectivity index (χ0v) is 15.0. The average Bonchev–Trinajstić information content (AvgIpc) is 3.26. The maximum Gasteiger partial charge on any atom is 0.232 e. The highest BCUT2D eigenvalue weighted by atomic mass is 32.1. The highest BCUT2D eigenvalue weighted by Crippen LogP contribution is 2.22. The summed E-state index contributed by atoms with van der Waals surface area (Å²) >= 11 is 1.49. The van der Waals surface area contributed by atoms with E-state index in [1.165, 1.54) is 11.3 Å². The Morgan fingerprint density at radius 3 is 2.81 bits per heavy atom. The summed E-state index contributed by atoms with van der Waals surface area (Å²) in [6, 6.07) is 13.5. The van der Waals surface area contributed by atoms with Crippen molar-refractivity contribution in [2.75, 3.05) is 5.32 Å². The van der Waals surface area contributed by atoms with Crippen LogP contribution in [0.2, 0.25) is 0 Å². The van der Waals surface area contributed by atoms with Crippen molar-refractivity contribution in [2.24, 2.45) is 0 Å². The minimum atomic E-state index is -0.132. The van der Waals surface area contributed by atoms with Crippen LogP contribution < -0.4 is 5.32 Å². The lowest BCUT2D eigenvalue weighted by Gasteiger charge is -2.06. The lowest BCUT2D eigenvalue weighted by atomic mass is 10.3. The van der Waals surface area contributed by atoms with E-state index in [0.717, 1.165) is 34.0 Å². The molecule has 1 amide bonds. The van der Waals surface area contributed by atoms with Crippen molar-refractivity contribution in [3.8, 4) is 10.7 Å². The molecule has 26 heavy (non-hydrogen) atoms. The Hall–Kier alpha value is -3.06. The number of para-hydroxylation sites is 2. The summed E-state index contributed by atoms with van der Waals surface area (Å²) in [5.41, 5.74) is 3.43.